The number of carbonyl (C=O) groups excluding carboxylic acids is 1. The SMILES string of the molecule is CCNC(=NCc1ccc(N2CCCC2=O)cc1)NCCC1CCN(C)CC1.I. The van der Waals surface area contributed by atoms with Crippen LogP contribution in [0.1, 0.15) is 44.6 Å². The van der Waals surface area contributed by atoms with Gasteiger partial charge >= 0.3 is 0 Å². The number of carbonyl (C=O) groups is 1. The zero-order chi connectivity index (χ0) is 19.8. The van der Waals surface area contributed by atoms with Gasteiger partial charge in [0.25, 0.3) is 0 Å². The van der Waals surface area contributed by atoms with Crippen molar-refractivity contribution < 1.29 is 4.79 Å². The lowest BCUT2D eigenvalue weighted by atomic mass is 9.94. The summed E-state index contributed by atoms with van der Waals surface area (Å²) in [5.74, 6) is 1.94. The predicted octanol–water partition coefficient (Wildman–Crippen LogP) is 3.22. The molecule has 0 atom stereocenters. The molecule has 3 rings (SSSR count). The second kappa shape index (κ2) is 12.4. The number of anilines is 1. The number of rotatable bonds is 7. The Kier molecular flexibility index (Phi) is 10.2. The average Bonchev–Trinajstić information content (AvgIpc) is 3.14. The molecule has 2 heterocycles. The fraction of sp³-hybridized carbons (Fsp3) is 0.636. The van der Waals surface area contributed by atoms with E-state index in [4.69, 9.17) is 4.99 Å². The highest BCUT2D eigenvalue weighted by Crippen LogP contribution is 2.22. The van der Waals surface area contributed by atoms with Crippen LogP contribution in [0.25, 0.3) is 0 Å². The van der Waals surface area contributed by atoms with Crippen LogP contribution in [0, 0.1) is 5.92 Å². The van der Waals surface area contributed by atoms with Crippen LogP contribution in [-0.2, 0) is 11.3 Å². The van der Waals surface area contributed by atoms with Crippen LogP contribution in [0.4, 0.5) is 5.69 Å². The van der Waals surface area contributed by atoms with Gasteiger partial charge in [0, 0.05) is 31.7 Å². The molecule has 7 heteroatoms. The van der Waals surface area contributed by atoms with E-state index in [1.807, 2.05) is 17.0 Å². The zero-order valence-corrected chi connectivity index (χ0v) is 20.2. The van der Waals surface area contributed by atoms with E-state index in [0.29, 0.717) is 13.0 Å². The van der Waals surface area contributed by atoms with Crippen LogP contribution in [0.15, 0.2) is 29.3 Å². The Morgan fingerprint density at radius 2 is 1.86 bits per heavy atom. The number of likely N-dealkylation sites (tertiary alicyclic amines) is 1. The monoisotopic (exact) mass is 513 g/mol. The number of halogens is 1. The van der Waals surface area contributed by atoms with Gasteiger partial charge in [-0.15, -0.1) is 24.0 Å². The summed E-state index contributed by atoms with van der Waals surface area (Å²) in [6.45, 7) is 7.83. The third-order valence-electron chi connectivity index (χ3n) is 5.77. The Hall–Kier alpha value is -1.35. The summed E-state index contributed by atoms with van der Waals surface area (Å²) in [6.07, 6.45) is 5.44. The van der Waals surface area contributed by atoms with Crippen molar-refractivity contribution in [2.45, 2.75) is 45.6 Å². The van der Waals surface area contributed by atoms with Crippen molar-refractivity contribution in [2.24, 2.45) is 10.9 Å². The molecule has 2 saturated heterocycles. The minimum absolute atomic E-state index is 0. The molecule has 29 heavy (non-hydrogen) atoms. The summed E-state index contributed by atoms with van der Waals surface area (Å²) in [5, 5.41) is 6.82. The second-order valence-electron chi connectivity index (χ2n) is 7.97. The van der Waals surface area contributed by atoms with Gasteiger partial charge in [0.2, 0.25) is 5.91 Å². The zero-order valence-electron chi connectivity index (χ0n) is 17.8. The fourth-order valence-electron chi connectivity index (χ4n) is 3.96. The molecule has 0 radical (unpaired) electrons. The van der Waals surface area contributed by atoms with Crippen molar-refractivity contribution in [1.82, 2.24) is 15.5 Å². The van der Waals surface area contributed by atoms with E-state index in [1.54, 1.807) is 0 Å². The molecular weight excluding hydrogens is 477 g/mol. The summed E-state index contributed by atoms with van der Waals surface area (Å²) >= 11 is 0. The van der Waals surface area contributed by atoms with Gasteiger partial charge in [-0.3, -0.25) is 4.79 Å². The molecular formula is C22H36IN5O. The number of hydrogen-bond acceptors (Lipinski definition) is 3. The minimum atomic E-state index is 0. The van der Waals surface area contributed by atoms with Crippen molar-refractivity contribution in [3.63, 3.8) is 0 Å². The minimum Gasteiger partial charge on any atom is -0.357 e. The lowest BCUT2D eigenvalue weighted by molar-refractivity contribution is -0.117. The highest BCUT2D eigenvalue weighted by atomic mass is 127. The molecule has 0 unspecified atom stereocenters. The van der Waals surface area contributed by atoms with Gasteiger partial charge in [0.15, 0.2) is 5.96 Å². The normalized spacial score (nSPS) is 18.6. The van der Waals surface area contributed by atoms with Crippen LogP contribution in [0.5, 0.6) is 0 Å². The smallest absolute Gasteiger partial charge is 0.227 e. The van der Waals surface area contributed by atoms with E-state index in [2.05, 4.69) is 41.6 Å². The lowest BCUT2D eigenvalue weighted by Crippen LogP contribution is -2.39. The predicted molar refractivity (Wildman–Crippen MR) is 131 cm³/mol. The quantitative estimate of drug-likeness (QED) is 0.334. The molecule has 2 fully saturated rings. The fourth-order valence-corrected chi connectivity index (χ4v) is 3.96. The van der Waals surface area contributed by atoms with Gasteiger partial charge in [-0.1, -0.05) is 12.1 Å². The van der Waals surface area contributed by atoms with E-state index in [-0.39, 0.29) is 29.9 Å². The molecule has 2 aliphatic rings. The number of piperidine rings is 1. The lowest BCUT2D eigenvalue weighted by Gasteiger charge is -2.29. The third-order valence-corrected chi connectivity index (χ3v) is 5.77. The van der Waals surface area contributed by atoms with E-state index >= 15 is 0 Å². The Labute approximate surface area is 192 Å². The maximum Gasteiger partial charge on any atom is 0.227 e. The number of nitrogens with one attached hydrogen (secondary N) is 2. The first-order chi connectivity index (χ1) is 13.7. The van der Waals surface area contributed by atoms with E-state index in [9.17, 15) is 4.79 Å². The first-order valence-electron chi connectivity index (χ1n) is 10.8. The highest BCUT2D eigenvalue weighted by molar-refractivity contribution is 14.0. The molecule has 1 amide bonds. The standard InChI is InChI=1S/C22H35N5O.HI/c1-3-23-22(24-13-10-18-11-15-26(2)16-12-18)25-17-19-6-8-20(9-7-19)27-14-4-5-21(27)28;/h6-9,18H,3-5,10-17H2,1-2H3,(H2,23,24,25);1H. The van der Waals surface area contributed by atoms with E-state index < -0.39 is 0 Å². The van der Waals surface area contributed by atoms with Gasteiger partial charge in [0.05, 0.1) is 6.54 Å². The molecule has 1 aromatic rings. The number of hydrogen-bond donors (Lipinski definition) is 2. The summed E-state index contributed by atoms with van der Waals surface area (Å²) in [4.78, 5) is 20.9. The van der Waals surface area contributed by atoms with Gasteiger partial charge in [-0.2, -0.15) is 0 Å². The maximum absolute atomic E-state index is 11.9. The molecule has 2 aliphatic heterocycles. The summed E-state index contributed by atoms with van der Waals surface area (Å²) in [7, 11) is 2.21. The number of aliphatic imine (C=N–C) groups is 1. The first-order valence-corrected chi connectivity index (χ1v) is 10.8. The molecule has 0 bridgehead atoms. The van der Waals surface area contributed by atoms with Crippen molar-refractivity contribution in [2.75, 3.05) is 44.7 Å². The largest absolute Gasteiger partial charge is 0.357 e. The second-order valence-corrected chi connectivity index (χ2v) is 7.97. The maximum atomic E-state index is 11.9. The van der Waals surface area contributed by atoms with Crippen LogP contribution < -0.4 is 15.5 Å². The van der Waals surface area contributed by atoms with Gasteiger partial charge < -0.3 is 20.4 Å². The van der Waals surface area contributed by atoms with Gasteiger partial charge in [-0.25, -0.2) is 4.99 Å². The Morgan fingerprint density at radius 3 is 2.48 bits per heavy atom. The molecule has 162 valence electrons. The molecule has 0 spiro atoms. The molecule has 6 nitrogen and oxygen atoms in total. The van der Waals surface area contributed by atoms with Crippen molar-refractivity contribution in [3.05, 3.63) is 29.8 Å². The molecule has 1 aromatic carbocycles. The van der Waals surface area contributed by atoms with Crippen molar-refractivity contribution in [1.29, 1.82) is 0 Å². The number of guanidine groups is 1. The van der Waals surface area contributed by atoms with Crippen LogP contribution in [0.3, 0.4) is 0 Å². The van der Waals surface area contributed by atoms with Crippen LogP contribution in [0.2, 0.25) is 0 Å². The highest BCUT2D eigenvalue weighted by Gasteiger charge is 2.21. The molecule has 0 saturated carbocycles. The summed E-state index contributed by atoms with van der Waals surface area (Å²) in [6, 6.07) is 8.22. The molecule has 0 aliphatic carbocycles. The average molecular weight is 513 g/mol. The van der Waals surface area contributed by atoms with E-state index in [0.717, 1.165) is 49.2 Å². The molecule has 2 N–H and O–H groups in total. The van der Waals surface area contributed by atoms with Gasteiger partial charge in [0.1, 0.15) is 0 Å². The van der Waals surface area contributed by atoms with Crippen LogP contribution >= 0.6 is 24.0 Å². The van der Waals surface area contributed by atoms with Gasteiger partial charge in [-0.05, 0) is 76.4 Å². The Morgan fingerprint density at radius 1 is 1.14 bits per heavy atom. The number of benzene rings is 1. The summed E-state index contributed by atoms with van der Waals surface area (Å²) < 4.78 is 0. The first kappa shape index (κ1) is 23.9. The third kappa shape index (κ3) is 7.44. The van der Waals surface area contributed by atoms with Crippen LogP contribution in [-0.4, -0.2) is 56.5 Å². The molecule has 0 aromatic heterocycles. The van der Waals surface area contributed by atoms with Crippen molar-refractivity contribution in [3.8, 4) is 0 Å². The Balaban J connectivity index is 0.00000300. The van der Waals surface area contributed by atoms with E-state index in [1.165, 1.54) is 32.4 Å². The topological polar surface area (TPSA) is 60.0 Å². The number of amides is 1. The van der Waals surface area contributed by atoms with Crippen molar-refractivity contribution >= 4 is 41.5 Å². The Bertz CT molecular complexity index is 656. The summed E-state index contributed by atoms with van der Waals surface area (Å²) in [5.41, 5.74) is 2.15. The number of nitrogens with zero attached hydrogens (tertiary/aromatic N) is 3.